The van der Waals surface area contributed by atoms with Crippen LogP contribution in [0.5, 0.6) is 0 Å². The van der Waals surface area contributed by atoms with Crippen LogP contribution in [0.2, 0.25) is 5.02 Å². The summed E-state index contributed by atoms with van der Waals surface area (Å²) in [4.78, 5) is 12.9. The molecule has 0 fully saturated rings. The van der Waals surface area contributed by atoms with Gasteiger partial charge in [-0.25, -0.2) is 0 Å². The smallest absolute Gasteiger partial charge is 0.252 e. The minimum Gasteiger partial charge on any atom is -0.348 e. The Hall–Kier alpha value is -1.32. The van der Waals surface area contributed by atoms with Crippen LogP contribution in [-0.4, -0.2) is 5.91 Å². The first-order valence-corrected chi connectivity index (χ1v) is 6.49. The lowest BCUT2D eigenvalue weighted by Crippen LogP contribution is -2.22. The van der Waals surface area contributed by atoms with Crippen LogP contribution in [0.15, 0.2) is 35.7 Å². The number of halogens is 1. The number of carbonyl (C=O) groups excluding carboxylic acids is 1. The number of benzene rings is 1. The summed E-state index contributed by atoms with van der Waals surface area (Å²) in [6, 6.07) is 9.36. The molecule has 0 radical (unpaired) electrons. The average molecular weight is 266 g/mol. The van der Waals surface area contributed by atoms with Gasteiger partial charge in [-0.2, -0.15) is 0 Å². The van der Waals surface area contributed by atoms with E-state index in [-0.39, 0.29) is 5.91 Å². The molecular formula is C13H12ClNOS. The number of thiophene rings is 1. The number of amides is 1. The van der Waals surface area contributed by atoms with Gasteiger partial charge in [-0.15, -0.1) is 11.3 Å². The van der Waals surface area contributed by atoms with Gasteiger partial charge in [0.2, 0.25) is 0 Å². The highest BCUT2D eigenvalue weighted by atomic mass is 35.5. The topological polar surface area (TPSA) is 29.1 Å². The Balaban J connectivity index is 1.97. The van der Waals surface area contributed by atoms with E-state index in [9.17, 15) is 4.79 Å². The predicted octanol–water partition coefficient (Wildman–Crippen LogP) is 3.64. The molecular weight excluding hydrogens is 254 g/mol. The van der Waals surface area contributed by atoms with E-state index >= 15 is 0 Å². The molecule has 1 amide bonds. The monoisotopic (exact) mass is 265 g/mol. The fourth-order valence-corrected chi connectivity index (χ4v) is 2.39. The van der Waals surface area contributed by atoms with Crippen LogP contribution in [0.3, 0.4) is 0 Å². The maximum absolute atomic E-state index is 11.8. The van der Waals surface area contributed by atoms with Crippen molar-refractivity contribution in [3.63, 3.8) is 0 Å². The summed E-state index contributed by atoms with van der Waals surface area (Å²) in [7, 11) is 0. The second-order valence-corrected chi connectivity index (χ2v) is 5.31. The molecule has 0 bridgehead atoms. The molecule has 0 atom stereocenters. The van der Waals surface area contributed by atoms with E-state index in [1.54, 1.807) is 11.3 Å². The molecule has 1 aromatic carbocycles. The molecule has 0 aliphatic heterocycles. The van der Waals surface area contributed by atoms with Gasteiger partial charge < -0.3 is 5.32 Å². The Labute approximate surface area is 109 Å². The van der Waals surface area contributed by atoms with Gasteiger partial charge in [0.1, 0.15) is 0 Å². The molecule has 1 N–H and O–H groups in total. The second-order valence-electron chi connectivity index (χ2n) is 3.76. The number of hydrogen-bond acceptors (Lipinski definition) is 2. The summed E-state index contributed by atoms with van der Waals surface area (Å²) in [6.07, 6.45) is 0. The van der Waals surface area contributed by atoms with Crippen molar-refractivity contribution >= 4 is 28.8 Å². The molecule has 0 aliphatic carbocycles. The third kappa shape index (κ3) is 3.32. The minimum atomic E-state index is -0.0469. The van der Waals surface area contributed by atoms with Crippen molar-refractivity contribution in [1.29, 1.82) is 0 Å². The first kappa shape index (κ1) is 12.1. The predicted molar refractivity (Wildman–Crippen MR) is 71.7 cm³/mol. The Morgan fingerprint density at radius 3 is 2.88 bits per heavy atom. The molecule has 0 unspecified atom stereocenters. The standard InChI is InChI=1S/C13H12ClNOS/c1-9-5-11(8-17-9)13(16)15-7-10-3-2-4-12(14)6-10/h2-6,8H,7H2,1H3,(H,15,16). The number of rotatable bonds is 3. The summed E-state index contributed by atoms with van der Waals surface area (Å²) >= 11 is 7.44. The van der Waals surface area contributed by atoms with Gasteiger partial charge in [-0.3, -0.25) is 4.79 Å². The fourth-order valence-electron chi connectivity index (χ4n) is 1.49. The second kappa shape index (κ2) is 5.34. The fraction of sp³-hybridized carbons (Fsp3) is 0.154. The van der Waals surface area contributed by atoms with Gasteiger partial charge in [0.25, 0.3) is 5.91 Å². The highest BCUT2D eigenvalue weighted by Gasteiger charge is 2.06. The van der Waals surface area contributed by atoms with Crippen molar-refractivity contribution in [2.24, 2.45) is 0 Å². The van der Waals surface area contributed by atoms with Crippen LogP contribution >= 0.6 is 22.9 Å². The van der Waals surface area contributed by atoms with Crippen LogP contribution in [0.25, 0.3) is 0 Å². The molecule has 17 heavy (non-hydrogen) atoms. The molecule has 2 nitrogen and oxygen atoms in total. The number of aryl methyl sites for hydroxylation is 1. The van der Waals surface area contributed by atoms with Crippen molar-refractivity contribution in [1.82, 2.24) is 5.32 Å². The maximum Gasteiger partial charge on any atom is 0.252 e. The van der Waals surface area contributed by atoms with Crippen LogP contribution < -0.4 is 5.32 Å². The largest absolute Gasteiger partial charge is 0.348 e. The zero-order valence-corrected chi connectivity index (χ0v) is 10.9. The Kier molecular flexibility index (Phi) is 3.82. The van der Waals surface area contributed by atoms with Crippen molar-refractivity contribution in [3.05, 3.63) is 56.7 Å². The van der Waals surface area contributed by atoms with E-state index in [0.717, 1.165) is 16.0 Å². The van der Waals surface area contributed by atoms with Crippen molar-refractivity contribution < 1.29 is 4.79 Å². The third-order valence-corrected chi connectivity index (χ3v) is 3.43. The van der Waals surface area contributed by atoms with E-state index < -0.39 is 0 Å². The van der Waals surface area contributed by atoms with Gasteiger partial charge in [0, 0.05) is 21.8 Å². The SMILES string of the molecule is Cc1cc(C(=O)NCc2cccc(Cl)c2)cs1. The molecule has 4 heteroatoms. The van der Waals surface area contributed by atoms with Gasteiger partial charge in [-0.05, 0) is 30.7 Å². The molecule has 88 valence electrons. The first-order chi connectivity index (χ1) is 8.15. The van der Waals surface area contributed by atoms with Crippen LogP contribution in [0.4, 0.5) is 0 Å². The summed E-state index contributed by atoms with van der Waals surface area (Å²) in [6.45, 7) is 2.48. The van der Waals surface area contributed by atoms with E-state index in [1.807, 2.05) is 42.6 Å². The molecule has 1 aromatic heterocycles. The summed E-state index contributed by atoms with van der Waals surface area (Å²) in [5, 5.41) is 5.41. The number of nitrogens with one attached hydrogen (secondary N) is 1. The zero-order chi connectivity index (χ0) is 12.3. The van der Waals surface area contributed by atoms with E-state index in [1.165, 1.54) is 0 Å². The molecule has 0 spiro atoms. The lowest BCUT2D eigenvalue weighted by molar-refractivity contribution is 0.0951. The maximum atomic E-state index is 11.8. The molecule has 0 saturated carbocycles. The lowest BCUT2D eigenvalue weighted by Gasteiger charge is -2.04. The van der Waals surface area contributed by atoms with Crippen LogP contribution in [-0.2, 0) is 6.54 Å². The normalized spacial score (nSPS) is 10.2. The average Bonchev–Trinajstić information content (AvgIpc) is 2.73. The quantitative estimate of drug-likeness (QED) is 0.902. The third-order valence-electron chi connectivity index (χ3n) is 2.33. The molecule has 0 saturated heterocycles. The van der Waals surface area contributed by atoms with Crippen LogP contribution in [0.1, 0.15) is 20.8 Å². The van der Waals surface area contributed by atoms with Crippen LogP contribution in [0, 0.1) is 6.92 Å². The molecule has 2 aromatic rings. The zero-order valence-electron chi connectivity index (χ0n) is 9.37. The Bertz CT molecular complexity index is 536. The summed E-state index contributed by atoms with van der Waals surface area (Å²) in [5.74, 6) is -0.0469. The highest BCUT2D eigenvalue weighted by molar-refractivity contribution is 7.10. The van der Waals surface area contributed by atoms with E-state index in [0.29, 0.717) is 11.6 Å². The van der Waals surface area contributed by atoms with Crippen molar-refractivity contribution in [2.45, 2.75) is 13.5 Å². The lowest BCUT2D eigenvalue weighted by atomic mass is 10.2. The molecule has 2 rings (SSSR count). The Morgan fingerprint density at radius 1 is 1.41 bits per heavy atom. The van der Waals surface area contributed by atoms with Gasteiger partial charge >= 0.3 is 0 Å². The Morgan fingerprint density at radius 2 is 2.24 bits per heavy atom. The van der Waals surface area contributed by atoms with E-state index in [4.69, 9.17) is 11.6 Å². The number of carbonyl (C=O) groups is 1. The van der Waals surface area contributed by atoms with Gasteiger partial charge in [-0.1, -0.05) is 23.7 Å². The van der Waals surface area contributed by atoms with Gasteiger partial charge in [0.15, 0.2) is 0 Å². The van der Waals surface area contributed by atoms with Crippen molar-refractivity contribution in [3.8, 4) is 0 Å². The molecule has 1 heterocycles. The minimum absolute atomic E-state index is 0.0469. The van der Waals surface area contributed by atoms with Gasteiger partial charge in [0.05, 0.1) is 5.56 Å². The summed E-state index contributed by atoms with van der Waals surface area (Å²) in [5.41, 5.74) is 1.72. The number of hydrogen-bond donors (Lipinski definition) is 1. The highest BCUT2D eigenvalue weighted by Crippen LogP contribution is 2.13. The first-order valence-electron chi connectivity index (χ1n) is 5.23. The summed E-state index contributed by atoms with van der Waals surface area (Å²) < 4.78 is 0. The molecule has 0 aliphatic rings. The van der Waals surface area contributed by atoms with E-state index in [2.05, 4.69) is 5.32 Å². The van der Waals surface area contributed by atoms with Crippen molar-refractivity contribution in [2.75, 3.05) is 0 Å².